The van der Waals surface area contributed by atoms with Gasteiger partial charge >= 0.3 is 0 Å². The molecule has 4 heteroatoms. The van der Waals surface area contributed by atoms with Gasteiger partial charge in [0.2, 0.25) is 0 Å². The molecule has 1 aromatic carbocycles. The van der Waals surface area contributed by atoms with Crippen LogP contribution in [0.15, 0.2) is 18.2 Å². The number of anilines is 1. The molecule has 0 radical (unpaired) electrons. The molecule has 2 aliphatic heterocycles. The molecule has 2 heterocycles. The van der Waals surface area contributed by atoms with Gasteiger partial charge in [0.25, 0.3) is 0 Å². The summed E-state index contributed by atoms with van der Waals surface area (Å²) in [4.78, 5) is 5.04. The molecule has 108 valence electrons. The van der Waals surface area contributed by atoms with Gasteiger partial charge in [0.15, 0.2) is 0 Å². The van der Waals surface area contributed by atoms with Crippen molar-refractivity contribution in [3.05, 3.63) is 29.3 Å². The number of amidine groups is 1. The molecule has 3 rings (SSSR count). The summed E-state index contributed by atoms with van der Waals surface area (Å²) in [5.41, 5.74) is 8.98. The van der Waals surface area contributed by atoms with Crippen LogP contribution in [0.4, 0.5) is 5.69 Å². The molecule has 1 atom stereocenters. The summed E-state index contributed by atoms with van der Waals surface area (Å²) in [5.74, 6) is 0.171. The van der Waals surface area contributed by atoms with Crippen LogP contribution in [0.5, 0.6) is 0 Å². The summed E-state index contributed by atoms with van der Waals surface area (Å²) < 4.78 is 0. The fraction of sp³-hybridized carbons (Fsp3) is 0.562. The highest BCUT2D eigenvalue weighted by molar-refractivity contribution is 6.00. The maximum atomic E-state index is 7.77. The van der Waals surface area contributed by atoms with Crippen LogP contribution < -0.4 is 10.6 Å². The second-order valence-corrected chi connectivity index (χ2v) is 6.07. The van der Waals surface area contributed by atoms with Gasteiger partial charge < -0.3 is 10.6 Å². The first-order chi connectivity index (χ1) is 9.65. The van der Waals surface area contributed by atoms with Gasteiger partial charge in [0, 0.05) is 30.4 Å². The zero-order chi connectivity index (χ0) is 14.1. The Bertz CT molecular complexity index is 505. The summed E-state index contributed by atoms with van der Waals surface area (Å²) in [6.45, 7) is 6.76. The van der Waals surface area contributed by atoms with Crippen molar-refractivity contribution in [3.63, 3.8) is 0 Å². The van der Waals surface area contributed by atoms with Crippen molar-refractivity contribution in [2.24, 2.45) is 5.73 Å². The van der Waals surface area contributed by atoms with E-state index in [9.17, 15) is 0 Å². The molecule has 2 saturated heterocycles. The molecule has 20 heavy (non-hydrogen) atoms. The number of hydrogen-bond donors (Lipinski definition) is 2. The first-order valence-electron chi connectivity index (χ1n) is 7.59. The predicted octanol–water partition coefficient (Wildman–Crippen LogP) is 1.95. The van der Waals surface area contributed by atoms with Crippen LogP contribution in [0, 0.1) is 12.3 Å². The summed E-state index contributed by atoms with van der Waals surface area (Å²) >= 11 is 0. The van der Waals surface area contributed by atoms with E-state index in [2.05, 4.69) is 22.8 Å². The van der Waals surface area contributed by atoms with Gasteiger partial charge in [0.1, 0.15) is 5.84 Å². The minimum absolute atomic E-state index is 0.171. The molecule has 0 spiro atoms. The third kappa shape index (κ3) is 2.52. The highest BCUT2D eigenvalue weighted by Crippen LogP contribution is 2.28. The standard InChI is InChI=1S/C16H24N4/c1-12-4-5-14(16(17)18)15(10-12)20-9-6-13(11-20)19-7-2-3-8-19/h4-5,10,13H,2-3,6-9,11H2,1H3,(H3,17,18). The number of nitrogens with zero attached hydrogens (tertiary/aromatic N) is 2. The van der Waals surface area contributed by atoms with Gasteiger partial charge in [-0.15, -0.1) is 0 Å². The predicted molar refractivity (Wildman–Crippen MR) is 83.6 cm³/mol. The monoisotopic (exact) mass is 272 g/mol. The lowest BCUT2D eigenvalue weighted by Gasteiger charge is -2.26. The molecule has 1 aromatic rings. The number of nitrogens with two attached hydrogens (primary N) is 1. The summed E-state index contributed by atoms with van der Waals surface area (Å²) in [6, 6.07) is 6.87. The fourth-order valence-corrected chi connectivity index (χ4v) is 3.50. The average molecular weight is 272 g/mol. The molecule has 0 aromatic heterocycles. The van der Waals surface area contributed by atoms with Crippen molar-refractivity contribution in [2.45, 2.75) is 32.2 Å². The zero-order valence-electron chi connectivity index (χ0n) is 12.2. The van der Waals surface area contributed by atoms with Crippen LogP contribution in [-0.2, 0) is 0 Å². The molecule has 4 nitrogen and oxygen atoms in total. The molecule has 3 N–H and O–H groups in total. The van der Waals surface area contributed by atoms with Crippen LogP contribution in [0.25, 0.3) is 0 Å². The number of aryl methyl sites for hydroxylation is 1. The van der Waals surface area contributed by atoms with E-state index in [0.29, 0.717) is 6.04 Å². The topological polar surface area (TPSA) is 56.4 Å². The van der Waals surface area contributed by atoms with Gasteiger partial charge in [-0.2, -0.15) is 0 Å². The highest BCUT2D eigenvalue weighted by atomic mass is 15.3. The van der Waals surface area contributed by atoms with Gasteiger partial charge in [-0.05, 0) is 57.0 Å². The minimum atomic E-state index is 0.171. The lowest BCUT2D eigenvalue weighted by Crippen LogP contribution is -2.35. The quantitative estimate of drug-likeness (QED) is 0.653. The number of hydrogen-bond acceptors (Lipinski definition) is 3. The highest BCUT2D eigenvalue weighted by Gasteiger charge is 2.30. The first-order valence-corrected chi connectivity index (χ1v) is 7.59. The number of nitrogens with one attached hydrogen (secondary N) is 1. The van der Waals surface area contributed by atoms with Gasteiger partial charge in [0.05, 0.1) is 0 Å². The van der Waals surface area contributed by atoms with Crippen LogP contribution >= 0.6 is 0 Å². The molecule has 0 aliphatic carbocycles. The number of rotatable bonds is 3. The van der Waals surface area contributed by atoms with E-state index in [-0.39, 0.29) is 5.84 Å². The van der Waals surface area contributed by atoms with Gasteiger partial charge in [-0.25, -0.2) is 0 Å². The number of benzene rings is 1. The van der Waals surface area contributed by atoms with E-state index in [1.165, 1.54) is 37.9 Å². The molecule has 0 amide bonds. The third-order valence-corrected chi connectivity index (χ3v) is 4.60. The number of likely N-dealkylation sites (tertiary alicyclic amines) is 1. The van der Waals surface area contributed by atoms with Crippen LogP contribution in [0.2, 0.25) is 0 Å². The summed E-state index contributed by atoms with van der Waals surface area (Å²) in [6.07, 6.45) is 3.92. The molecule has 2 fully saturated rings. The largest absolute Gasteiger partial charge is 0.384 e. The maximum absolute atomic E-state index is 7.77. The Morgan fingerprint density at radius 2 is 2.00 bits per heavy atom. The second kappa shape index (κ2) is 5.44. The summed E-state index contributed by atoms with van der Waals surface area (Å²) in [5, 5.41) is 7.77. The van der Waals surface area contributed by atoms with E-state index < -0.39 is 0 Å². The molecule has 0 bridgehead atoms. The van der Waals surface area contributed by atoms with E-state index in [4.69, 9.17) is 11.1 Å². The van der Waals surface area contributed by atoms with Crippen molar-refractivity contribution in [1.82, 2.24) is 4.90 Å². The Balaban J connectivity index is 1.80. The Labute approximate surface area is 121 Å². The van der Waals surface area contributed by atoms with E-state index in [0.717, 1.165) is 24.3 Å². The third-order valence-electron chi connectivity index (χ3n) is 4.60. The Kier molecular flexibility index (Phi) is 3.66. The Morgan fingerprint density at radius 3 is 2.70 bits per heavy atom. The normalized spacial score (nSPS) is 23.4. The average Bonchev–Trinajstić information content (AvgIpc) is 3.09. The molecule has 1 unspecified atom stereocenters. The maximum Gasteiger partial charge on any atom is 0.124 e. The van der Waals surface area contributed by atoms with Crippen molar-refractivity contribution >= 4 is 11.5 Å². The SMILES string of the molecule is Cc1ccc(C(=N)N)c(N2CCC(N3CCCC3)C2)c1. The summed E-state index contributed by atoms with van der Waals surface area (Å²) in [7, 11) is 0. The van der Waals surface area contributed by atoms with Gasteiger partial charge in [-0.1, -0.05) is 6.07 Å². The smallest absolute Gasteiger partial charge is 0.124 e. The Hall–Kier alpha value is -1.55. The van der Waals surface area contributed by atoms with Gasteiger partial charge in [-0.3, -0.25) is 10.3 Å². The zero-order valence-corrected chi connectivity index (χ0v) is 12.2. The lowest BCUT2D eigenvalue weighted by atomic mass is 10.1. The van der Waals surface area contributed by atoms with Crippen molar-refractivity contribution in [3.8, 4) is 0 Å². The number of nitrogen functional groups attached to an aromatic ring is 1. The van der Waals surface area contributed by atoms with Crippen LogP contribution in [0.3, 0.4) is 0 Å². The fourth-order valence-electron chi connectivity index (χ4n) is 3.50. The van der Waals surface area contributed by atoms with Crippen molar-refractivity contribution in [2.75, 3.05) is 31.1 Å². The molecule has 2 aliphatic rings. The van der Waals surface area contributed by atoms with E-state index >= 15 is 0 Å². The molecular weight excluding hydrogens is 248 g/mol. The minimum Gasteiger partial charge on any atom is -0.384 e. The molecule has 0 saturated carbocycles. The van der Waals surface area contributed by atoms with Crippen LogP contribution in [-0.4, -0.2) is 43.0 Å². The first kappa shape index (κ1) is 13.4. The van der Waals surface area contributed by atoms with Crippen molar-refractivity contribution in [1.29, 1.82) is 5.41 Å². The second-order valence-electron chi connectivity index (χ2n) is 6.07. The van der Waals surface area contributed by atoms with Crippen LogP contribution in [0.1, 0.15) is 30.4 Å². The van der Waals surface area contributed by atoms with E-state index in [1.54, 1.807) is 0 Å². The molecular formula is C16H24N4. The lowest BCUT2D eigenvalue weighted by molar-refractivity contribution is 0.260. The van der Waals surface area contributed by atoms with Crippen molar-refractivity contribution < 1.29 is 0 Å². The van der Waals surface area contributed by atoms with E-state index in [1.807, 2.05) is 12.1 Å². The Morgan fingerprint density at radius 1 is 1.25 bits per heavy atom.